The molecule has 2 fully saturated rings. The number of ether oxygens (including phenoxy) is 1. The quantitative estimate of drug-likeness (QED) is 0.867. The summed E-state index contributed by atoms with van der Waals surface area (Å²) in [7, 11) is 1.68. The van der Waals surface area contributed by atoms with Gasteiger partial charge in [-0.25, -0.2) is 0 Å². The maximum absolute atomic E-state index is 10.6. The molecule has 0 aromatic heterocycles. The Balaban J connectivity index is 1.76. The molecule has 0 spiro atoms. The van der Waals surface area contributed by atoms with E-state index in [9.17, 15) is 5.11 Å². The zero-order valence-electron chi connectivity index (χ0n) is 12.2. The minimum Gasteiger partial charge on any atom is -0.496 e. The Labute approximate surface area is 129 Å². The van der Waals surface area contributed by atoms with E-state index in [4.69, 9.17) is 4.74 Å². The SMILES string of the molecule is COc1cc(C)c(Br)cc1C(O)CC1CC2CCC1C2. The fourth-order valence-electron chi connectivity index (χ4n) is 4.19. The molecule has 2 saturated carbocycles. The van der Waals surface area contributed by atoms with Crippen molar-refractivity contribution in [3.8, 4) is 5.75 Å². The number of methoxy groups -OCH3 is 1. The van der Waals surface area contributed by atoms with E-state index in [1.54, 1.807) is 7.11 Å². The van der Waals surface area contributed by atoms with Crippen molar-refractivity contribution < 1.29 is 9.84 Å². The molecule has 20 heavy (non-hydrogen) atoms. The summed E-state index contributed by atoms with van der Waals surface area (Å²) < 4.78 is 6.49. The highest BCUT2D eigenvalue weighted by atomic mass is 79.9. The highest BCUT2D eigenvalue weighted by molar-refractivity contribution is 9.10. The summed E-state index contributed by atoms with van der Waals surface area (Å²) in [4.78, 5) is 0. The van der Waals surface area contributed by atoms with Gasteiger partial charge in [0.1, 0.15) is 5.75 Å². The van der Waals surface area contributed by atoms with E-state index in [1.165, 1.54) is 25.7 Å². The first-order valence-electron chi connectivity index (χ1n) is 7.60. The average molecular weight is 339 g/mol. The molecule has 1 N–H and O–H groups in total. The largest absolute Gasteiger partial charge is 0.496 e. The Morgan fingerprint density at radius 3 is 2.75 bits per heavy atom. The topological polar surface area (TPSA) is 29.5 Å². The number of aliphatic hydroxyl groups is 1. The minimum absolute atomic E-state index is 0.411. The lowest BCUT2D eigenvalue weighted by molar-refractivity contribution is 0.123. The van der Waals surface area contributed by atoms with Gasteiger partial charge in [0.25, 0.3) is 0 Å². The second kappa shape index (κ2) is 5.69. The average Bonchev–Trinajstić information content (AvgIpc) is 3.03. The molecule has 2 aliphatic carbocycles. The molecule has 0 aliphatic heterocycles. The van der Waals surface area contributed by atoms with Gasteiger partial charge in [-0.2, -0.15) is 0 Å². The zero-order chi connectivity index (χ0) is 14.3. The molecule has 0 heterocycles. The molecule has 0 saturated heterocycles. The smallest absolute Gasteiger partial charge is 0.125 e. The lowest BCUT2D eigenvalue weighted by atomic mass is 9.83. The van der Waals surface area contributed by atoms with Crippen molar-refractivity contribution in [2.75, 3.05) is 7.11 Å². The number of aliphatic hydroxyl groups excluding tert-OH is 1. The van der Waals surface area contributed by atoms with Crippen LogP contribution >= 0.6 is 15.9 Å². The number of hydrogen-bond donors (Lipinski definition) is 1. The van der Waals surface area contributed by atoms with Crippen LogP contribution in [0.5, 0.6) is 5.75 Å². The van der Waals surface area contributed by atoms with Gasteiger partial charge in [0.15, 0.2) is 0 Å². The van der Waals surface area contributed by atoms with Gasteiger partial charge >= 0.3 is 0 Å². The summed E-state index contributed by atoms with van der Waals surface area (Å²) in [5.74, 6) is 3.30. The van der Waals surface area contributed by atoms with Gasteiger partial charge in [0.05, 0.1) is 13.2 Å². The van der Waals surface area contributed by atoms with Crippen molar-refractivity contribution in [1.29, 1.82) is 0 Å². The van der Waals surface area contributed by atoms with Gasteiger partial charge in [-0.15, -0.1) is 0 Å². The number of hydrogen-bond acceptors (Lipinski definition) is 2. The molecule has 0 radical (unpaired) electrons. The van der Waals surface area contributed by atoms with E-state index in [2.05, 4.69) is 15.9 Å². The predicted molar refractivity (Wildman–Crippen MR) is 83.9 cm³/mol. The van der Waals surface area contributed by atoms with Crippen LogP contribution in [0.25, 0.3) is 0 Å². The molecule has 4 unspecified atom stereocenters. The number of fused-ring (bicyclic) bond motifs is 2. The highest BCUT2D eigenvalue weighted by Crippen LogP contribution is 2.51. The van der Waals surface area contributed by atoms with Crippen LogP contribution in [-0.2, 0) is 0 Å². The summed E-state index contributed by atoms with van der Waals surface area (Å²) in [6.07, 6.45) is 5.97. The normalized spacial score (nSPS) is 29.7. The molecule has 3 heteroatoms. The molecule has 0 amide bonds. The van der Waals surface area contributed by atoms with Gasteiger partial charge in [0.2, 0.25) is 0 Å². The van der Waals surface area contributed by atoms with Crippen LogP contribution in [-0.4, -0.2) is 12.2 Å². The Morgan fingerprint density at radius 2 is 2.15 bits per heavy atom. The third-order valence-corrected chi connectivity index (χ3v) is 6.13. The number of halogens is 1. The molecule has 110 valence electrons. The van der Waals surface area contributed by atoms with Crippen LogP contribution in [0, 0.1) is 24.7 Å². The van der Waals surface area contributed by atoms with Gasteiger partial charge in [-0.05, 0) is 68.1 Å². The fourth-order valence-corrected chi connectivity index (χ4v) is 4.55. The third kappa shape index (κ3) is 2.62. The first-order chi connectivity index (χ1) is 9.58. The van der Waals surface area contributed by atoms with Gasteiger partial charge < -0.3 is 9.84 Å². The summed E-state index contributed by atoms with van der Waals surface area (Å²) in [6, 6.07) is 4.02. The Morgan fingerprint density at radius 1 is 1.35 bits per heavy atom. The van der Waals surface area contributed by atoms with Crippen molar-refractivity contribution in [1.82, 2.24) is 0 Å². The van der Waals surface area contributed by atoms with Gasteiger partial charge in [0, 0.05) is 10.0 Å². The van der Waals surface area contributed by atoms with Crippen molar-refractivity contribution in [3.63, 3.8) is 0 Å². The second-order valence-electron chi connectivity index (χ2n) is 6.53. The molecular weight excluding hydrogens is 316 g/mol. The van der Waals surface area contributed by atoms with E-state index >= 15 is 0 Å². The monoisotopic (exact) mass is 338 g/mol. The van der Waals surface area contributed by atoms with E-state index in [0.29, 0.717) is 5.92 Å². The Bertz CT molecular complexity index is 500. The fraction of sp³-hybridized carbons (Fsp3) is 0.647. The lowest BCUT2D eigenvalue weighted by Gasteiger charge is -2.25. The van der Waals surface area contributed by atoms with Crippen LogP contribution < -0.4 is 4.74 Å². The summed E-state index contributed by atoms with van der Waals surface area (Å²) in [5, 5.41) is 10.6. The zero-order valence-corrected chi connectivity index (χ0v) is 13.8. The summed E-state index contributed by atoms with van der Waals surface area (Å²) in [6.45, 7) is 2.04. The van der Waals surface area contributed by atoms with Crippen LogP contribution in [0.2, 0.25) is 0 Å². The molecule has 2 nitrogen and oxygen atoms in total. The van der Waals surface area contributed by atoms with Crippen LogP contribution in [0.3, 0.4) is 0 Å². The summed E-state index contributed by atoms with van der Waals surface area (Å²) >= 11 is 3.56. The van der Waals surface area contributed by atoms with E-state index in [0.717, 1.165) is 39.6 Å². The van der Waals surface area contributed by atoms with Gasteiger partial charge in [-0.1, -0.05) is 22.4 Å². The second-order valence-corrected chi connectivity index (χ2v) is 7.38. The minimum atomic E-state index is -0.411. The van der Waals surface area contributed by atoms with Crippen LogP contribution in [0.1, 0.15) is 49.3 Å². The first kappa shape index (κ1) is 14.4. The maximum atomic E-state index is 10.6. The van der Waals surface area contributed by atoms with E-state index in [1.807, 2.05) is 19.1 Å². The molecular formula is C17H23BrO2. The molecule has 2 bridgehead atoms. The first-order valence-corrected chi connectivity index (χ1v) is 8.40. The molecule has 1 aromatic carbocycles. The lowest BCUT2D eigenvalue weighted by Crippen LogP contribution is -2.14. The Kier molecular flexibility index (Phi) is 4.09. The third-order valence-electron chi connectivity index (χ3n) is 5.28. The van der Waals surface area contributed by atoms with Crippen molar-refractivity contribution in [2.45, 2.75) is 45.1 Å². The predicted octanol–water partition coefficient (Wildman–Crippen LogP) is 4.63. The van der Waals surface area contributed by atoms with Crippen molar-refractivity contribution >= 4 is 15.9 Å². The highest BCUT2D eigenvalue weighted by Gasteiger charge is 2.40. The maximum Gasteiger partial charge on any atom is 0.125 e. The molecule has 3 rings (SSSR count). The van der Waals surface area contributed by atoms with Crippen molar-refractivity contribution in [3.05, 3.63) is 27.7 Å². The molecule has 1 aromatic rings. The summed E-state index contributed by atoms with van der Waals surface area (Å²) in [5.41, 5.74) is 2.06. The standard InChI is InChI=1S/C17H23BrO2/c1-10-5-17(20-2)14(9-15(10)18)16(19)8-13-7-11-3-4-12(13)6-11/h5,9,11-13,16,19H,3-4,6-8H2,1-2H3. The van der Waals surface area contributed by atoms with Crippen molar-refractivity contribution in [2.24, 2.45) is 17.8 Å². The van der Waals surface area contributed by atoms with Crippen LogP contribution in [0.4, 0.5) is 0 Å². The van der Waals surface area contributed by atoms with Gasteiger partial charge in [-0.3, -0.25) is 0 Å². The molecule has 4 atom stereocenters. The van der Waals surface area contributed by atoms with E-state index < -0.39 is 6.10 Å². The Hall–Kier alpha value is -0.540. The molecule has 2 aliphatic rings. The number of aryl methyl sites for hydroxylation is 1. The van der Waals surface area contributed by atoms with Crippen LogP contribution in [0.15, 0.2) is 16.6 Å². The number of benzene rings is 1. The van der Waals surface area contributed by atoms with E-state index in [-0.39, 0.29) is 0 Å². The number of rotatable bonds is 4.